The van der Waals surface area contributed by atoms with Crippen LogP contribution in [0.2, 0.25) is 0 Å². The molecule has 0 unspecified atom stereocenters. The number of nitro groups is 2. The highest BCUT2D eigenvalue weighted by Gasteiger charge is 2.28. The minimum Gasteiger partial charge on any atom is -0.334 e. The number of nitro benzene ring substituents is 2. The number of rotatable bonds is 15. The molecule has 2 aromatic heterocycles. The molecule has 25 heteroatoms. The Balaban J connectivity index is 0.000000296. The van der Waals surface area contributed by atoms with Gasteiger partial charge in [-0.15, -0.1) is 22.7 Å². The highest BCUT2D eigenvalue weighted by molar-refractivity contribution is 9.11. The van der Waals surface area contributed by atoms with Gasteiger partial charge in [0.2, 0.25) is 20.0 Å². The number of aryl methyl sites for hydroxylation is 1. The maximum absolute atomic E-state index is 13.6. The van der Waals surface area contributed by atoms with Crippen LogP contribution in [-0.2, 0) is 33.1 Å². The fraction of sp³-hybridized carbons (Fsp3) is 0.254. The largest absolute Gasteiger partial charge is 0.334 e. The van der Waals surface area contributed by atoms with Crippen LogP contribution in [0.4, 0.5) is 32.3 Å². The first-order valence-corrected chi connectivity index (χ1v) is 30.4. The summed E-state index contributed by atoms with van der Waals surface area (Å²) in [6.07, 6.45) is 3.28. The first-order chi connectivity index (χ1) is 38.5. The lowest BCUT2D eigenvalue weighted by atomic mass is 10.1. The lowest BCUT2D eigenvalue weighted by Crippen LogP contribution is -2.41. The van der Waals surface area contributed by atoms with Crippen molar-refractivity contribution >= 4 is 93.5 Å². The lowest BCUT2D eigenvalue weighted by molar-refractivity contribution is -0.385. The Morgan fingerprint density at radius 3 is 1.37 bits per heavy atom. The predicted molar refractivity (Wildman–Crippen MR) is 340 cm³/mol. The lowest BCUT2D eigenvalue weighted by Gasteiger charge is -2.23. The molecule has 0 bridgehead atoms. The van der Waals surface area contributed by atoms with Crippen LogP contribution in [0.15, 0.2) is 172 Å². The normalized spacial score (nSPS) is 11.2. The minimum atomic E-state index is -4.01. The Hall–Kier alpha value is -7.78. The number of hydrogen-bond donors (Lipinski definition) is 4. The van der Waals surface area contributed by atoms with Gasteiger partial charge in [0.1, 0.15) is 10.0 Å². The number of sulfonamides is 2. The first kappa shape index (κ1) is 68.7. The van der Waals surface area contributed by atoms with Gasteiger partial charge in [-0.05, 0) is 130 Å². The Kier molecular flexibility index (Phi) is 24.3. The molecule has 0 spiro atoms. The molecule has 4 amide bonds. The van der Waals surface area contributed by atoms with Crippen molar-refractivity contribution in [1.29, 1.82) is 0 Å². The van der Waals surface area contributed by atoms with Gasteiger partial charge in [0.05, 0.1) is 34.5 Å². The molecule has 4 N–H and O–H groups in total. The maximum atomic E-state index is 13.6. The predicted octanol–water partition coefficient (Wildman–Crippen LogP) is 14.0. The second-order valence-electron chi connectivity index (χ2n) is 20.4. The molecular weight excluding hydrogens is 1220 g/mol. The van der Waals surface area contributed by atoms with E-state index in [0.29, 0.717) is 51.0 Å². The van der Waals surface area contributed by atoms with Crippen molar-refractivity contribution < 1.29 is 36.3 Å². The van der Waals surface area contributed by atoms with E-state index in [4.69, 9.17) is 0 Å². The number of anilines is 2. The molecule has 0 aliphatic heterocycles. The first-order valence-electron chi connectivity index (χ1n) is 25.0. The number of aromatic nitrogens is 2. The number of nitrogens with one attached hydrogen (secondary N) is 4. The molecule has 8 rings (SSSR count). The molecule has 0 radical (unpaired) electrons. The summed E-state index contributed by atoms with van der Waals surface area (Å²) in [5.74, 6) is 0. The van der Waals surface area contributed by atoms with E-state index in [1.165, 1.54) is 68.9 Å². The molecule has 0 atom stereocenters. The van der Waals surface area contributed by atoms with E-state index in [-0.39, 0.29) is 48.1 Å². The standard InChI is InChI=1S/C28H29N5O5S2.C20H27N3O3S.C9H5BrN2O2S.2CH4/c1-28(2,3)31-40(37,38)25-16-22(32(4)27(34)30-17-19-8-6-5-7-9-19)14-15-23(25)24-18-29-26(39-24)20-10-12-21(13-11-20)33(35)36;1-15-11-12-17(13-18(15)27(25,26)22-20(2,3)4)23(5)19(24)21-14-16-9-7-6-8-10-16;10-8-5-11-9(15-8)6-1-3-7(4-2-6)12(13)14;;/h5-16,18,31H,17H2,1-4H3,(H,30,34);6-13,22H,14H2,1-5H3,(H,21,24);1-5H;2*1H4. The fourth-order valence-electron chi connectivity index (χ4n) is 7.54. The van der Waals surface area contributed by atoms with Gasteiger partial charge in [-0.2, -0.15) is 0 Å². The van der Waals surface area contributed by atoms with Crippen molar-refractivity contribution in [2.75, 3.05) is 23.9 Å². The summed E-state index contributed by atoms with van der Waals surface area (Å²) in [4.78, 5) is 58.0. The highest BCUT2D eigenvalue weighted by Crippen LogP contribution is 2.38. The number of nitrogens with zero attached hydrogens (tertiary/aromatic N) is 6. The van der Waals surface area contributed by atoms with Crippen LogP contribution < -0.4 is 29.9 Å². The molecule has 84 heavy (non-hydrogen) atoms. The van der Waals surface area contributed by atoms with E-state index in [1.54, 1.807) is 123 Å². The Labute approximate surface area is 508 Å². The van der Waals surface area contributed by atoms with Crippen LogP contribution in [0.25, 0.3) is 31.6 Å². The zero-order valence-electron chi connectivity index (χ0n) is 46.2. The number of benzene rings is 6. The smallest absolute Gasteiger partial charge is 0.321 e. The van der Waals surface area contributed by atoms with Crippen LogP contribution >= 0.6 is 38.6 Å². The van der Waals surface area contributed by atoms with Crippen molar-refractivity contribution in [2.24, 2.45) is 0 Å². The van der Waals surface area contributed by atoms with Crippen LogP contribution in [0.1, 0.15) is 73.1 Å². The van der Waals surface area contributed by atoms with Crippen LogP contribution in [0, 0.1) is 27.2 Å². The topological polar surface area (TPSA) is 269 Å². The van der Waals surface area contributed by atoms with E-state index >= 15 is 0 Å². The third-order valence-electron chi connectivity index (χ3n) is 11.5. The molecule has 0 saturated carbocycles. The molecule has 8 aromatic rings. The second kappa shape index (κ2) is 29.6. The summed E-state index contributed by atoms with van der Waals surface area (Å²) in [6.45, 7) is 13.0. The molecule has 2 heterocycles. The van der Waals surface area contributed by atoms with Crippen LogP contribution in [0.3, 0.4) is 0 Å². The van der Waals surface area contributed by atoms with Crippen molar-refractivity contribution in [3.05, 3.63) is 199 Å². The zero-order chi connectivity index (χ0) is 60.2. The number of urea groups is 2. The van der Waals surface area contributed by atoms with Gasteiger partial charge in [0, 0.05) is 96.8 Å². The average Bonchev–Trinajstić information content (AvgIpc) is 1.89. The van der Waals surface area contributed by atoms with Gasteiger partial charge in [0.25, 0.3) is 11.4 Å². The van der Waals surface area contributed by atoms with Gasteiger partial charge >= 0.3 is 12.1 Å². The molecule has 446 valence electrons. The molecular formula is C59H69BrN10O10S4. The summed E-state index contributed by atoms with van der Waals surface area (Å²) in [5, 5.41) is 28.5. The third-order valence-corrected chi connectivity index (χ3v) is 17.8. The SMILES string of the molecule is C.C.CN(C(=O)NCc1ccccc1)c1ccc(-c2cnc(-c3ccc([N+](=O)[O-])cc3)s2)c(S(=O)(=O)NC(C)(C)C)c1.Cc1ccc(N(C)C(=O)NCc2ccccc2)cc1S(=O)(=O)NC(C)(C)C.O=[N+]([O-])c1ccc(-c2ncc(Br)s2)cc1. The van der Waals surface area contributed by atoms with Gasteiger partial charge in [-0.3, -0.25) is 30.0 Å². The quantitative estimate of drug-likeness (QED) is 0.0551. The Morgan fingerprint density at radius 2 is 0.964 bits per heavy atom. The molecule has 6 aromatic carbocycles. The zero-order valence-corrected chi connectivity index (χ0v) is 51.1. The molecule has 0 aliphatic carbocycles. The molecule has 0 saturated heterocycles. The van der Waals surface area contributed by atoms with Crippen molar-refractivity contribution in [2.45, 2.75) is 97.3 Å². The second-order valence-corrected chi connectivity index (χ2v) is 27.1. The van der Waals surface area contributed by atoms with Gasteiger partial charge in [0.15, 0.2) is 0 Å². The number of carbonyl (C=O) groups is 2. The number of hydrogen-bond acceptors (Lipinski definition) is 14. The van der Waals surface area contributed by atoms with Crippen molar-refractivity contribution in [1.82, 2.24) is 30.0 Å². The summed E-state index contributed by atoms with van der Waals surface area (Å²) in [5.41, 5.74) is 4.13. The van der Waals surface area contributed by atoms with Gasteiger partial charge in [-0.1, -0.05) is 87.6 Å². The van der Waals surface area contributed by atoms with Crippen molar-refractivity contribution in [3.63, 3.8) is 0 Å². The van der Waals surface area contributed by atoms with E-state index in [9.17, 15) is 46.7 Å². The summed E-state index contributed by atoms with van der Waals surface area (Å²) in [7, 11) is -4.52. The number of halogens is 1. The molecule has 0 fully saturated rings. The summed E-state index contributed by atoms with van der Waals surface area (Å²) >= 11 is 6.07. The summed E-state index contributed by atoms with van der Waals surface area (Å²) < 4.78 is 58.8. The van der Waals surface area contributed by atoms with E-state index in [1.807, 2.05) is 60.7 Å². The maximum Gasteiger partial charge on any atom is 0.321 e. The average molecular weight is 1290 g/mol. The molecule has 20 nitrogen and oxygen atoms in total. The van der Waals surface area contributed by atoms with E-state index in [0.717, 1.165) is 25.5 Å². The monoisotopic (exact) mass is 1280 g/mol. The Morgan fingerprint density at radius 1 is 0.571 bits per heavy atom. The van der Waals surface area contributed by atoms with E-state index in [2.05, 4.69) is 46.0 Å². The van der Waals surface area contributed by atoms with Crippen molar-refractivity contribution in [3.8, 4) is 31.6 Å². The number of carbonyl (C=O) groups excluding carboxylic acids is 2. The highest BCUT2D eigenvalue weighted by atomic mass is 79.9. The van der Waals surface area contributed by atoms with Gasteiger partial charge in [-0.25, -0.2) is 45.8 Å². The van der Waals surface area contributed by atoms with Crippen LogP contribution in [-0.4, -0.2) is 73.9 Å². The molecule has 0 aliphatic rings. The fourth-order valence-corrected chi connectivity index (χ4v) is 13.1. The van der Waals surface area contributed by atoms with Gasteiger partial charge < -0.3 is 10.6 Å². The minimum absolute atomic E-state index is 0. The third kappa shape index (κ3) is 19.7. The van der Waals surface area contributed by atoms with E-state index < -0.39 is 41.0 Å². The Bertz CT molecular complexity index is 3760. The number of non-ortho nitro benzene ring substituents is 2. The number of amides is 4. The number of thiazole rings is 2. The summed E-state index contributed by atoms with van der Waals surface area (Å²) in [6, 6.07) is 40.4. The van der Waals surface area contributed by atoms with Crippen LogP contribution in [0.5, 0.6) is 0 Å².